The molecule has 0 aliphatic heterocycles. The average Bonchev–Trinajstić information content (AvgIpc) is 2.67. The first kappa shape index (κ1) is 14.5. The molecule has 0 bridgehead atoms. The van der Waals surface area contributed by atoms with Crippen LogP contribution in [0, 0.1) is 0 Å². The molecule has 0 saturated carbocycles. The van der Waals surface area contributed by atoms with Gasteiger partial charge in [-0.3, -0.25) is 0 Å². The van der Waals surface area contributed by atoms with Crippen molar-refractivity contribution in [3.8, 4) is 11.1 Å². The summed E-state index contributed by atoms with van der Waals surface area (Å²) in [5, 5.41) is 8.44. The summed E-state index contributed by atoms with van der Waals surface area (Å²) < 4.78 is 0. The molecule has 0 aromatic heterocycles. The number of hydrogen-bond acceptors (Lipinski definition) is 0. The van der Waals surface area contributed by atoms with Crippen LogP contribution in [-0.2, 0) is 0 Å². The summed E-state index contributed by atoms with van der Waals surface area (Å²) in [5.74, 6) is 0. The number of halogens is 1. The molecule has 0 spiro atoms. The maximum absolute atomic E-state index is 6.42. The fourth-order valence-corrected chi connectivity index (χ4v) is 3.93. The zero-order valence-corrected chi connectivity index (χ0v) is 14.3. The van der Waals surface area contributed by atoms with Gasteiger partial charge in [0.05, 0.1) is 0 Å². The van der Waals surface area contributed by atoms with Crippen LogP contribution in [0.5, 0.6) is 0 Å². The monoisotopic (exact) mass is 338 g/mol. The first-order valence-electron chi connectivity index (χ1n) is 8.40. The molecule has 0 heterocycles. The topological polar surface area (TPSA) is 0 Å². The van der Waals surface area contributed by atoms with Crippen molar-refractivity contribution < 1.29 is 0 Å². The van der Waals surface area contributed by atoms with Crippen molar-refractivity contribution in [2.45, 2.75) is 0 Å². The van der Waals surface area contributed by atoms with Crippen LogP contribution in [0.2, 0.25) is 5.02 Å². The Morgan fingerprint density at radius 2 is 1.16 bits per heavy atom. The van der Waals surface area contributed by atoms with E-state index in [-0.39, 0.29) is 0 Å². The molecule has 118 valence electrons. The summed E-state index contributed by atoms with van der Waals surface area (Å²) in [6.45, 7) is 0. The van der Waals surface area contributed by atoms with Gasteiger partial charge in [-0.1, -0.05) is 90.5 Å². The Kier molecular flexibility index (Phi) is 3.26. The molecule has 0 N–H and O–H groups in total. The van der Waals surface area contributed by atoms with Crippen LogP contribution in [-0.4, -0.2) is 0 Å². The third kappa shape index (κ3) is 2.30. The summed E-state index contributed by atoms with van der Waals surface area (Å²) in [7, 11) is 0. The van der Waals surface area contributed by atoms with Gasteiger partial charge in [-0.2, -0.15) is 0 Å². The summed E-state index contributed by atoms with van der Waals surface area (Å²) in [6, 6.07) is 32.0. The highest BCUT2D eigenvalue weighted by Crippen LogP contribution is 2.36. The third-order valence-corrected chi connectivity index (χ3v) is 5.24. The van der Waals surface area contributed by atoms with Gasteiger partial charge in [0.2, 0.25) is 0 Å². The molecule has 5 aromatic carbocycles. The molecular weight excluding hydrogens is 324 g/mol. The van der Waals surface area contributed by atoms with Gasteiger partial charge in [0, 0.05) is 10.6 Å². The van der Waals surface area contributed by atoms with Crippen LogP contribution >= 0.6 is 11.6 Å². The van der Waals surface area contributed by atoms with E-state index in [4.69, 9.17) is 11.6 Å². The number of benzene rings is 5. The lowest BCUT2D eigenvalue weighted by molar-refractivity contribution is 1.65. The number of fused-ring (bicyclic) bond motifs is 5. The fourth-order valence-electron chi connectivity index (χ4n) is 3.69. The van der Waals surface area contributed by atoms with Crippen LogP contribution in [0.3, 0.4) is 0 Å². The predicted molar refractivity (Wildman–Crippen MR) is 109 cm³/mol. The lowest BCUT2D eigenvalue weighted by atomic mass is 9.94. The minimum atomic E-state index is 0.784. The van der Waals surface area contributed by atoms with Gasteiger partial charge in [0.1, 0.15) is 0 Å². The Bertz CT molecular complexity index is 1250. The first-order chi connectivity index (χ1) is 12.3. The van der Waals surface area contributed by atoms with Crippen molar-refractivity contribution in [3.63, 3.8) is 0 Å². The van der Waals surface area contributed by atoms with E-state index in [0.29, 0.717) is 0 Å². The molecule has 0 atom stereocenters. The van der Waals surface area contributed by atoms with Gasteiger partial charge in [-0.15, -0.1) is 0 Å². The van der Waals surface area contributed by atoms with E-state index in [2.05, 4.69) is 72.8 Å². The first-order valence-corrected chi connectivity index (χ1v) is 8.78. The summed E-state index contributed by atoms with van der Waals surface area (Å²) in [4.78, 5) is 0. The molecule has 0 unspecified atom stereocenters. The molecule has 25 heavy (non-hydrogen) atoms. The Hall–Kier alpha value is -2.83. The quantitative estimate of drug-likeness (QED) is 0.278. The van der Waals surface area contributed by atoms with Crippen molar-refractivity contribution in [3.05, 3.63) is 96.0 Å². The van der Waals surface area contributed by atoms with E-state index in [9.17, 15) is 0 Å². The Labute approximate surface area is 151 Å². The van der Waals surface area contributed by atoms with E-state index >= 15 is 0 Å². The smallest absolute Gasteiger partial charge is 0.0484 e. The molecule has 1 heteroatoms. The Morgan fingerprint density at radius 1 is 0.520 bits per heavy atom. The van der Waals surface area contributed by atoms with Crippen molar-refractivity contribution in [2.24, 2.45) is 0 Å². The summed E-state index contributed by atoms with van der Waals surface area (Å²) in [6.07, 6.45) is 0. The van der Waals surface area contributed by atoms with E-state index in [0.717, 1.165) is 16.1 Å². The second-order valence-corrected chi connectivity index (χ2v) is 6.77. The molecule has 0 aliphatic rings. The van der Waals surface area contributed by atoms with Gasteiger partial charge in [-0.05, 0) is 50.0 Å². The minimum Gasteiger partial charge on any atom is -0.0837 e. The molecular formula is C24H15Cl. The van der Waals surface area contributed by atoms with Gasteiger partial charge in [0.25, 0.3) is 0 Å². The van der Waals surface area contributed by atoms with Crippen LogP contribution in [0.4, 0.5) is 0 Å². The van der Waals surface area contributed by atoms with Crippen LogP contribution in [0.1, 0.15) is 0 Å². The third-order valence-electron chi connectivity index (χ3n) is 4.91. The van der Waals surface area contributed by atoms with Crippen molar-refractivity contribution in [1.29, 1.82) is 0 Å². The standard InChI is InChI=1S/C24H15Cl/c25-23-8-4-3-6-20(23)19-14-11-17-10-13-18-12-9-16-5-1-2-7-21(16)24(18)22(17)15-19/h1-15H. The van der Waals surface area contributed by atoms with E-state index in [1.165, 1.54) is 32.3 Å². The van der Waals surface area contributed by atoms with Gasteiger partial charge in [0.15, 0.2) is 0 Å². The SMILES string of the molecule is Clc1ccccc1-c1ccc2ccc3ccc4ccccc4c3c2c1. The molecule has 5 aromatic rings. The molecule has 0 nitrogen and oxygen atoms in total. The molecule has 0 amide bonds. The second-order valence-electron chi connectivity index (χ2n) is 6.37. The highest BCUT2D eigenvalue weighted by molar-refractivity contribution is 6.33. The van der Waals surface area contributed by atoms with Crippen molar-refractivity contribution in [1.82, 2.24) is 0 Å². The largest absolute Gasteiger partial charge is 0.0837 e. The molecule has 0 aliphatic carbocycles. The molecule has 0 saturated heterocycles. The Morgan fingerprint density at radius 3 is 2.00 bits per heavy atom. The zero-order chi connectivity index (χ0) is 16.8. The number of rotatable bonds is 1. The second kappa shape index (κ2) is 5.61. The Balaban J connectivity index is 1.93. The molecule has 5 rings (SSSR count). The van der Waals surface area contributed by atoms with Crippen molar-refractivity contribution in [2.75, 3.05) is 0 Å². The highest BCUT2D eigenvalue weighted by Gasteiger charge is 2.08. The van der Waals surface area contributed by atoms with E-state index in [1.807, 2.05) is 18.2 Å². The maximum atomic E-state index is 6.42. The lowest BCUT2D eigenvalue weighted by Crippen LogP contribution is -1.84. The normalized spacial score (nSPS) is 11.4. The van der Waals surface area contributed by atoms with Gasteiger partial charge in [-0.25, -0.2) is 0 Å². The molecule has 0 radical (unpaired) electrons. The van der Waals surface area contributed by atoms with Crippen molar-refractivity contribution >= 4 is 43.9 Å². The van der Waals surface area contributed by atoms with E-state index < -0.39 is 0 Å². The number of hydrogen-bond donors (Lipinski definition) is 0. The fraction of sp³-hybridized carbons (Fsp3) is 0. The lowest BCUT2D eigenvalue weighted by Gasteiger charge is -2.11. The van der Waals surface area contributed by atoms with Crippen LogP contribution < -0.4 is 0 Å². The maximum Gasteiger partial charge on any atom is 0.0484 e. The summed E-state index contributed by atoms with van der Waals surface area (Å²) in [5.41, 5.74) is 2.22. The van der Waals surface area contributed by atoms with E-state index in [1.54, 1.807) is 0 Å². The minimum absolute atomic E-state index is 0.784. The van der Waals surface area contributed by atoms with Crippen LogP contribution in [0.15, 0.2) is 91.0 Å². The zero-order valence-electron chi connectivity index (χ0n) is 13.5. The van der Waals surface area contributed by atoms with Crippen LogP contribution in [0.25, 0.3) is 43.4 Å². The predicted octanol–water partition coefficient (Wildman–Crippen LogP) is 7.47. The average molecular weight is 339 g/mol. The van der Waals surface area contributed by atoms with Gasteiger partial charge >= 0.3 is 0 Å². The van der Waals surface area contributed by atoms with Gasteiger partial charge < -0.3 is 0 Å². The highest BCUT2D eigenvalue weighted by atomic mass is 35.5. The molecule has 0 fully saturated rings. The summed E-state index contributed by atoms with van der Waals surface area (Å²) >= 11 is 6.42.